The summed E-state index contributed by atoms with van der Waals surface area (Å²) in [6, 6.07) is 11.5. The molecule has 23 heavy (non-hydrogen) atoms. The van der Waals surface area contributed by atoms with E-state index in [1.165, 1.54) is 24.9 Å². The highest BCUT2D eigenvalue weighted by Gasteiger charge is 2.44. The average Bonchev–Trinajstić information content (AvgIpc) is 3.19. The van der Waals surface area contributed by atoms with E-state index < -0.39 is 10.0 Å². The molecular weight excluding hydrogens is 314 g/mol. The number of benzene rings is 1. The maximum Gasteiger partial charge on any atom is 0.267 e. The van der Waals surface area contributed by atoms with Gasteiger partial charge in [0, 0.05) is 18.2 Å². The van der Waals surface area contributed by atoms with Gasteiger partial charge in [0.1, 0.15) is 10.6 Å². The van der Waals surface area contributed by atoms with Crippen molar-refractivity contribution in [1.29, 1.82) is 0 Å². The lowest BCUT2D eigenvalue weighted by Crippen LogP contribution is -2.32. The molecule has 122 valence electrons. The largest absolute Gasteiger partial charge is 0.356 e. The molecule has 1 saturated carbocycles. The Balaban J connectivity index is 1.67. The molecule has 1 aromatic heterocycles. The Hall–Kier alpha value is -2.12. The number of carbonyl (C=O) groups excluding carboxylic acids is 1. The first-order valence-electron chi connectivity index (χ1n) is 7.43. The van der Waals surface area contributed by atoms with E-state index in [2.05, 4.69) is 27.2 Å². The summed E-state index contributed by atoms with van der Waals surface area (Å²) in [5.74, 6) is -0.301. The number of amides is 1. The molecule has 1 amide bonds. The minimum Gasteiger partial charge on any atom is -0.356 e. The summed E-state index contributed by atoms with van der Waals surface area (Å²) in [5, 5.41) is 2.90. The third-order valence-electron chi connectivity index (χ3n) is 4.31. The summed E-state index contributed by atoms with van der Waals surface area (Å²) < 4.78 is 25.6. The minimum absolute atomic E-state index is 0.0173. The van der Waals surface area contributed by atoms with E-state index in [0.29, 0.717) is 6.54 Å². The molecule has 1 fully saturated rings. The van der Waals surface area contributed by atoms with Gasteiger partial charge in [-0.3, -0.25) is 4.79 Å². The summed E-state index contributed by atoms with van der Waals surface area (Å²) in [6.07, 6.45) is 3.40. The Labute approximate surface area is 135 Å². The molecule has 0 spiro atoms. The third-order valence-corrected chi connectivity index (χ3v) is 5.70. The Morgan fingerprint density at radius 1 is 1.26 bits per heavy atom. The lowest BCUT2D eigenvalue weighted by molar-refractivity contribution is 0.0945. The molecular formula is C16H19N3O3S. The van der Waals surface area contributed by atoms with Crippen molar-refractivity contribution in [3.8, 4) is 0 Å². The monoisotopic (exact) mass is 333 g/mol. The van der Waals surface area contributed by atoms with Crippen molar-refractivity contribution in [2.75, 3.05) is 13.6 Å². The van der Waals surface area contributed by atoms with Crippen molar-refractivity contribution >= 4 is 15.9 Å². The van der Waals surface area contributed by atoms with Crippen LogP contribution in [-0.2, 0) is 15.4 Å². The van der Waals surface area contributed by atoms with Crippen molar-refractivity contribution in [2.24, 2.45) is 0 Å². The molecule has 0 bridgehead atoms. The van der Waals surface area contributed by atoms with E-state index in [0.717, 1.165) is 12.8 Å². The van der Waals surface area contributed by atoms with Crippen molar-refractivity contribution in [3.05, 3.63) is 53.9 Å². The van der Waals surface area contributed by atoms with Gasteiger partial charge in [-0.2, -0.15) is 0 Å². The van der Waals surface area contributed by atoms with Gasteiger partial charge < -0.3 is 10.3 Å². The quantitative estimate of drug-likeness (QED) is 0.746. The van der Waals surface area contributed by atoms with E-state index in [-0.39, 0.29) is 21.9 Å². The van der Waals surface area contributed by atoms with Crippen molar-refractivity contribution in [2.45, 2.75) is 23.2 Å². The summed E-state index contributed by atoms with van der Waals surface area (Å²) in [7, 11) is -2.21. The van der Waals surface area contributed by atoms with Gasteiger partial charge in [0.15, 0.2) is 0 Å². The van der Waals surface area contributed by atoms with Crippen molar-refractivity contribution in [3.63, 3.8) is 0 Å². The number of H-pyrrole nitrogens is 1. The third kappa shape index (κ3) is 3.16. The molecule has 0 unspecified atom stereocenters. The Bertz CT molecular complexity index is 808. The normalized spacial score (nSPS) is 16.0. The second-order valence-electron chi connectivity index (χ2n) is 5.79. The predicted molar refractivity (Wildman–Crippen MR) is 86.7 cm³/mol. The lowest BCUT2D eigenvalue weighted by atomic mass is 9.96. The van der Waals surface area contributed by atoms with E-state index in [1.54, 1.807) is 0 Å². The van der Waals surface area contributed by atoms with Crippen molar-refractivity contribution in [1.82, 2.24) is 15.0 Å². The van der Waals surface area contributed by atoms with Gasteiger partial charge >= 0.3 is 0 Å². The molecule has 0 aliphatic heterocycles. The van der Waals surface area contributed by atoms with Gasteiger partial charge in [-0.15, -0.1) is 0 Å². The molecule has 0 atom stereocenters. The number of nitrogens with one attached hydrogen (secondary N) is 3. The smallest absolute Gasteiger partial charge is 0.267 e. The topological polar surface area (TPSA) is 91.1 Å². The van der Waals surface area contributed by atoms with Crippen LogP contribution in [0.5, 0.6) is 0 Å². The number of aromatic nitrogens is 1. The second-order valence-corrected chi connectivity index (χ2v) is 7.67. The number of hydrogen-bond donors (Lipinski definition) is 3. The fourth-order valence-corrected chi connectivity index (χ4v) is 3.36. The summed E-state index contributed by atoms with van der Waals surface area (Å²) in [5.41, 5.74) is 1.48. The van der Waals surface area contributed by atoms with Crippen LogP contribution >= 0.6 is 0 Å². The number of hydrogen-bond acceptors (Lipinski definition) is 3. The lowest BCUT2D eigenvalue weighted by Gasteiger charge is -2.16. The van der Waals surface area contributed by atoms with E-state index in [4.69, 9.17) is 0 Å². The first-order chi connectivity index (χ1) is 11.0. The van der Waals surface area contributed by atoms with Crippen LogP contribution in [-0.4, -0.2) is 32.9 Å². The Morgan fingerprint density at radius 3 is 2.57 bits per heavy atom. The number of rotatable bonds is 6. The maximum absolute atomic E-state index is 12.2. The van der Waals surface area contributed by atoms with Gasteiger partial charge in [-0.05, 0) is 31.5 Å². The van der Waals surface area contributed by atoms with Crippen LogP contribution in [0.25, 0.3) is 0 Å². The highest BCUT2D eigenvalue weighted by molar-refractivity contribution is 7.89. The zero-order valence-corrected chi connectivity index (χ0v) is 13.6. The molecule has 1 aromatic carbocycles. The fourth-order valence-electron chi connectivity index (χ4n) is 2.63. The first-order valence-corrected chi connectivity index (χ1v) is 8.91. The van der Waals surface area contributed by atoms with Crippen LogP contribution in [0.1, 0.15) is 28.9 Å². The van der Waals surface area contributed by atoms with E-state index in [1.807, 2.05) is 18.2 Å². The van der Waals surface area contributed by atoms with Gasteiger partial charge in [0.05, 0.1) is 0 Å². The van der Waals surface area contributed by atoms with E-state index >= 15 is 0 Å². The van der Waals surface area contributed by atoms with Crippen LogP contribution in [0, 0.1) is 0 Å². The fraction of sp³-hybridized carbons (Fsp3) is 0.312. The van der Waals surface area contributed by atoms with Crippen LogP contribution in [0.4, 0.5) is 0 Å². The van der Waals surface area contributed by atoms with Gasteiger partial charge in [-0.25, -0.2) is 13.1 Å². The van der Waals surface area contributed by atoms with Gasteiger partial charge in [-0.1, -0.05) is 30.3 Å². The number of sulfonamides is 1. The summed E-state index contributed by atoms with van der Waals surface area (Å²) in [6.45, 7) is 0.545. The maximum atomic E-state index is 12.2. The summed E-state index contributed by atoms with van der Waals surface area (Å²) >= 11 is 0. The van der Waals surface area contributed by atoms with Crippen molar-refractivity contribution < 1.29 is 13.2 Å². The first kappa shape index (κ1) is 15.8. The van der Waals surface area contributed by atoms with Gasteiger partial charge in [0.2, 0.25) is 10.0 Å². The standard InChI is InChI=1S/C16H19N3O3S/c1-17-23(21,22)13-9-14(18-10-13)15(20)19-11-16(7-8-16)12-5-3-2-4-6-12/h2-6,9-10,17-18H,7-8,11H2,1H3,(H,19,20). The summed E-state index contributed by atoms with van der Waals surface area (Å²) in [4.78, 5) is 15.0. The van der Waals surface area contributed by atoms with Crippen LogP contribution < -0.4 is 10.0 Å². The average molecular weight is 333 g/mol. The number of aromatic amines is 1. The van der Waals surface area contributed by atoms with Crippen LogP contribution in [0.3, 0.4) is 0 Å². The second kappa shape index (κ2) is 5.82. The molecule has 0 radical (unpaired) electrons. The molecule has 1 aliphatic rings. The molecule has 3 N–H and O–H groups in total. The van der Waals surface area contributed by atoms with Crippen LogP contribution in [0.2, 0.25) is 0 Å². The highest BCUT2D eigenvalue weighted by atomic mass is 32.2. The number of carbonyl (C=O) groups is 1. The highest BCUT2D eigenvalue weighted by Crippen LogP contribution is 2.47. The SMILES string of the molecule is CNS(=O)(=O)c1c[nH]c(C(=O)NCC2(c3ccccc3)CC2)c1. The Morgan fingerprint density at radius 2 is 1.96 bits per heavy atom. The minimum atomic E-state index is -3.55. The molecule has 1 heterocycles. The predicted octanol–water partition coefficient (Wildman–Crippen LogP) is 1.38. The molecule has 3 rings (SSSR count). The van der Waals surface area contributed by atoms with E-state index in [9.17, 15) is 13.2 Å². The molecule has 0 saturated heterocycles. The molecule has 1 aliphatic carbocycles. The zero-order valence-electron chi connectivity index (χ0n) is 12.8. The Kier molecular flexibility index (Phi) is 3.99. The molecule has 7 heteroatoms. The van der Waals surface area contributed by atoms with Crippen LogP contribution in [0.15, 0.2) is 47.5 Å². The zero-order chi connectivity index (χ0) is 16.5. The molecule has 6 nitrogen and oxygen atoms in total. The van der Waals surface area contributed by atoms with Gasteiger partial charge in [0.25, 0.3) is 5.91 Å². The molecule has 2 aromatic rings.